The van der Waals surface area contributed by atoms with E-state index < -0.39 is 0 Å². The van der Waals surface area contributed by atoms with E-state index in [2.05, 4.69) is 11.1 Å². The van der Waals surface area contributed by atoms with Crippen LogP contribution in [0, 0.1) is 17.8 Å². The summed E-state index contributed by atoms with van der Waals surface area (Å²) < 4.78 is 0. The predicted molar refractivity (Wildman–Crippen MR) is 62.9 cm³/mol. The highest BCUT2D eigenvalue weighted by atomic mass is 16.3. The van der Waals surface area contributed by atoms with Gasteiger partial charge in [0.15, 0.2) is 0 Å². The first kappa shape index (κ1) is 10.3. The number of aromatic nitrogens is 1. The van der Waals surface area contributed by atoms with Crippen LogP contribution in [0.15, 0.2) is 24.5 Å². The summed E-state index contributed by atoms with van der Waals surface area (Å²) in [7, 11) is 0. The van der Waals surface area contributed by atoms with Gasteiger partial charge in [-0.25, -0.2) is 0 Å². The Bertz CT molecular complexity index is 339. The highest BCUT2D eigenvalue weighted by Crippen LogP contribution is 2.57. The summed E-state index contributed by atoms with van der Waals surface area (Å²) in [6, 6.07) is 4.00. The summed E-state index contributed by atoms with van der Waals surface area (Å²) in [5.74, 6) is 2.25. The van der Waals surface area contributed by atoms with Crippen LogP contribution in [0.1, 0.15) is 31.2 Å². The molecule has 0 radical (unpaired) electrons. The van der Waals surface area contributed by atoms with Gasteiger partial charge in [0.25, 0.3) is 0 Å². The number of nitrogens with zero attached hydrogens (tertiary/aromatic N) is 1. The minimum atomic E-state index is -0.141. The second-order valence-corrected chi connectivity index (χ2v) is 5.32. The van der Waals surface area contributed by atoms with Gasteiger partial charge in [-0.15, -0.1) is 0 Å². The monoisotopic (exact) mass is 217 g/mol. The summed E-state index contributed by atoms with van der Waals surface area (Å²) in [6.07, 6.45) is 9.73. The van der Waals surface area contributed by atoms with Crippen LogP contribution in [0.2, 0.25) is 0 Å². The molecule has 0 amide bonds. The van der Waals surface area contributed by atoms with Gasteiger partial charge in [0, 0.05) is 18.8 Å². The molecule has 2 fully saturated rings. The predicted octanol–water partition coefficient (Wildman–Crippen LogP) is 2.42. The first-order chi connectivity index (χ1) is 7.86. The summed E-state index contributed by atoms with van der Waals surface area (Å²) in [5, 5.41) is 10.2. The number of aliphatic hydroxyl groups excluding tert-OH is 1. The van der Waals surface area contributed by atoms with E-state index in [1.54, 1.807) is 6.20 Å². The molecule has 16 heavy (non-hydrogen) atoms. The third kappa shape index (κ3) is 1.86. The van der Waals surface area contributed by atoms with Crippen LogP contribution in [0.4, 0.5) is 0 Å². The summed E-state index contributed by atoms with van der Waals surface area (Å²) >= 11 is 0. The maximum atomic E-state index is 10.2. The van der Waals surface area contributed by atoms with Crippen molar-refractivity contribution in [1.82, 2.24) is 4.98 Å². The highest BCUT2D eigenvalue weighted by Gasteiger charge is 2.53. The normalized spacial score (nSPS) is 34.2. The molecule has 2 aliphatic rings. The number of rotatable bonds is 3. The Kier molecular flexibility index (Phi) is 2.68. The Morgan fingerprint density at radius 1 is 1.31 bits per heavy atom. The van der Waals surface area contributed by atoms with Crippen LogP contribution >= 0.6 is 0 Å². The average molecular weight is 217 g/mol. The summed E-state index contributed by atoms with van der Waals surface area (Å²) in [6.45, 7) is 0. The van der Waals surface area contributed by atoms with Gasteiger partial charge < -0.3 is 5.11 Å². The van der Waals surface area contributed by atoms with Gasteiger partial charge in [0.2, 0.25) is 0 Å². The van der Waals surface area contributed by atoms with Gasteiger partial charge in [-0.1, -0.05) is 18.9 Å². The molecule has 1 aromatic heterocycles. The molecule has 3 unspecified atom stereocenters. The minimum Gasteiger partial charge on any atom is -0.392 e. The zero-order chi connectivity index (χ0) is 11.0. The van der Waals surface area contributed by atoms with E-state index in [1.807, 2.05) is 12.3 Å². The number of fused-ring (bicyclic) bond motifs is 1. The van der Waals surface area contributed by atoms with Crippen molar-refractivity contribution < 1.29 is 5.11 Å². The van der Waals surface area contributed by atoms with E-state index in [0.29, 0.717) is 5.92 Å². The largest absolute Gasteiger partial charge is 0.392 e. The van der Waals surface area contributed by atoms with Crippen molar-refractivity contribution in [3.8, 4) is 0 Å². The van der Waals surface area contributed by atoms with Crippen LogP contribution in [0.5, 0.6) is 0 Å². The smallest absolute Gasteiger partial charge is 0.0614 e. The van der Waals surface area contributed by atoms with Crippen molar-refractivity contribution in [3.05, 3.63) is 30.1 Å². The van der Waals surface area contributed by atoms with Gasteiger partial charge >= 0.3 is 0 Å². The fourth-order valence-electron chi connectivity index (χ4n) is 3.51. The molecular weight excluding hydrogens is 198 g/mol. The molecule has 2 nitrogen and oxygen atoms in total. The second kappa shape index (κ2) is 4.17. The lowest BCUT2D eigenvalue weighted by Gasteiger charge is -2.09. The van der Waals surface area contributed by atoms with Crippen LogP contribution in [-0.4, -0.2) is 16.2 Å². The standard InChI is InChI=1S/C14H19NO/c16-13(8-10-4-3-7-15-9-10)14-11-5-1-2-6-12(11)14/h3-4,7,9,11-14,16H,1-2,5-6,8H2. The van der Waals surface area contributed by atoms with Crippen LogP contribution in [-0.2, 0) is 6.42 Å². The number of pyridine rings is 1. The number of hydrogen-bond donors (Lipinski definition) is 1. The lowest BCUT2D eigenvalue weighted by molar-refractivity contribution is 0.140. The highest BCUT2D eigenvalue weighted by molar-refractivity contribution is 5.12. The van der Waals surface area contributed by atoms with E-state index in [0.717, 1.165) is 18.3 Å². The summed E-state index contributed by atoms with van der Waals surface area (Å²) in [4.78, 5) is 4.10. The van der Waals surface area contributed by atoms with Crippen LogP contribution in [0.3, 0.4) is 0 Å². The molecule has 0 aliphatic heterocycles. The molecule has 0 bridgehead atoms. The molecule has 1 heterocycles. The van der Waals surface area contributed by atoms with E-state index >= 15 is 0 Å². The fraction of sp³-hybridized carbons (Fsp3) is 0.643. The first-order valence-electron chi connectivity index (χ1n) is 6.43. The maximum Gasteiger partial charge on any atom is 0.0614 e. The molecule has 3 rings (SSSR count). The Morgan fingerprint density at radius 3 is 2.69 bits per heavy atom. The topological polar surface area (TPSA) is 33.1 Å². The molecule has 2 aliphatic carbocycles. The van der Waals surface area contributed by atoms with E-state index in [-0.39, 0.29) is 6.10 Å². The molecule has 0 aromatic carbocycles. The lowest BCUT2D eigenvalue weighted by atomic mass is 10.0. The third-order valence-corrected chi connectivity index (χ3v) is 4.33. The Morgan fingerprint density at radius 2 is 2.06 bits per heavy atom. The molecule has 86 valence electrons. The maximum absolute atomic E-state index is 10.2. The van der Waals surface area contributed by atoms with Gasteiger partial charge in [-0.05, 0) is 42.2 Å². The SMILES string of the molecule is OC(Cc1cccnc1)C1C2CCCCC21. The van der Waals surface area contributed by atoms with Crippen LogP contribution < -0.4 is 0 Å². The molecule has 0 spiro atoms. The zero-order valence-corrected chi connectivity index (χ0v) is 9.55. The van der Waals surface area contributed by atoms with Gasteiger partial charge in [-0.2, -0.15) is 0 Å². The zero-order valence-electron chi connectivity index (χ0n) is 9.55. The van der Waals surface area contributed by atoms with E-state index in [1.165, 1.54) is 31.2 Å². The van der Waals surface area contributed by atoms with Crippen molar-refractivity contribution in [2.24, 2.45) is 17.8 Å². The molecular formula is C14H19NO. The molecule has 2 saturated carbocycles. The molecule has 2 heteroatoms. The van der Waals surface area contributed by atoms with Gasteiger partial charge in [0.05, 0.1) is 6.10 Å². The van der Waals surface area contributed by atoms with Crippen molar-refractivity contribution >= 4 is 0 Å². The van der Waals surface area contributed by atoms with Crippen molar-refractivity contribution in [2.75, 3.05) is 0 Å². The Balaban J connectivity index is 1.60. The Labute approximate surface area is 96.7 Å². The van der Waals surface area contributed by atoms with Crippen molar-refractivity contribution in [2.45, 2.75) is 38.2 Å². The first-order valence-corrected chi connectivity index (χ1v) is 6.43. The van der Waals surface area contributed by atoms with E-state index in [9.17, 15) is 5.11 Å². The van der Waals surface area contributed by atoms with Gasteiger partial charge in [0.1, 0.15) is 0 Å². The van der Waals surface area contributed by atoms with Gasteiger partial charge in [-0.3, -0.25) is 4.98 Å². The average Bonchev–Trinajstić information content (AvgIpc) is 3.04. The molecule has 1 aromatic rings. The van der Waals surface area contributed by atoms with E-state index in [4.69, 9.17) is 0 Å². The van der Waals surface area contributed by atoms with Crippen LogP contribution in [0.25, 0.3) is 0 Å². The molecule has 1 N–H and O–H groups in total. The number of hydrogen-bond acceptors (Lipinski definition) is 2. The lowest BCUT2D eigenvalue weighted by Crippen LogP contribution is -2.15. The minimum absolute atomic E-state index is 0.141. The Hall–Kier alpha value is -0.890. The summed E-state index contributed by atoms with van der Waals surface area (Å²) in [5.41, 5.74) is 1.17. The fourth-order valence-corrected chi connectivity index (χ4v) is 3.51. The number of aliphatic hydroxyl groups is 1. The second-order valence-electron chi connectivity index (χ2n) is 5.32. The quantitative estimate of drug-likeness (QED) is 0.843. The van der Waals surface area contributed by atoms with Crippen molar-refractivity contribution in [1.29, 1.82) is 0 Å². The third-order valence-electron chi connectivity index (χ3n) is 4.33. The molecule has 3 atom stereocenters. The van der Waals surface area contributed by atoms with Crippen molar-refractivity contribution in [3.63, 3.8) is 0 Å². The molecule has 0 saturated heterocycles.